The summed E-state index contributed by atoms with van der Waals surface area (Å²) in [6.45, 7) is 3.84. The van der Waals surface area contributed by atoms with Gasteiger partial charge in [0.25, 0.3) is 5.69 Å². The highest BCUT2D eigenvalue weighted by Gasteiger charge is 2.20. The number of hydrogen-bond donors (Lipinski definition) is 1. The lowest BCUT2D eigenvalue weighted by Crippen LogP contribution is -2.28. The predicted octanol–water partition coefficient (Wildman–Crippen LogP) is 2.96. The number of nitro groups is 1. The smallest absolute Gasteiger partial charge is 0.313 e. The van der Waals surface area contributed by atoms with Crippen LogP contribution in [0.1, 0.15) is 52.4 Å². The van der Waals surface area contributed by atoms with Gasteiger partial charge in [0.1, 0.15) is 0 Å². The first-order chi connectivity index (χ1) is 13.3. The Kier molecular flexibility index (Phi) is 9.63. The van der Waals surface area contributed by atoms with Crippen molar-refractivity contribution in [3.63, 3.8) is 0 Å². The highest BCUT2D eigenvalue weighted by molar-refractivity contribution is 5.95. The molecule has 0 bridgehead atoms. The molecule has 0 radical (unpaired) electrons. The number of non-ortho nitro benzene ring substituents is 1. The van der Waals surface area contributed by atoms with Crippen LogP contribution < -0.4 is 15.0 Å². The minimum absolute atomic E-state index is 0.0502. The number of nitrogens with zero attached hydrogens (tertiary/aromatic N) is 2. The molecule has 0 aromatic heterocycles. The topological polar surface area (TPSA) is 119 Å². The zero-order valence-corrected chi connectivity index (χ0v) is 16.5. The van der Waals surface area contributed by atoms with E-state index in [9.17, 15) is 24.5 Å². The Balaban J connectivity index is 2.73. The van der Waals surface area contributed by atoms with Gasteiger partial charge in [-0.1, -0.05) is 26.7 Å². The Morgan fingerprint density at radius 2 is 1.89 bits per heavy atom. The van der Waals surface area contributed by atoms with Crippen molar-refractivity contribution < 1.29 is 24.0 Å². The van der Waals surface area contributed by atoms with Crippen LogP contribution in [0.3, 0.4) is 0 Å². The molecule has 28 heavy (non-hydrogen) atoms. The number of nitrogens with one attached hydrogen (secondary N) is 1. The van der Waals surface area contributed by atoms with E-state index >= 15 is 0 Å². The second kappa shape index (κ2) is 11.7. The molecule has 1 aromatic rings. The molecular weight excluding hydrogens is 366 g/mol. The predicted molar refractivity (Wildman–Crippen MR) is 104 cm³/mol. The van der Waals surface area contributed by atoms with E-state index in [0.717, 1.165) is 19.3 Å². The molecular formula is C19H27N3O6. The Morgan fingerprint density at radius 3 is 2.50 bits per heavy atom. The van der Waals surface area contributed by atoms with E-state index in [1.165, 1.54) is 30.1 Å². The average molecular weight is 393 g/mol. The van der Waals surface area contributed by atoms with Crippen LogP contribution in [0, 0.1) is 10.1 Å². The Labute approximate surface area is 164 Å². The van der Waals surface area contributed by atoms with Gasteiger partial charge in [0, 0.05) is 38.6 Å². The van der Waals surface area contributed by atoms with Gasteiger partial charge in [-0.15, -0.1) is 0 Å². The first-order valence-electron chi connectivity index (χ1n) is 9.32. The summed E-state index contributed by atoms with van der Waals surface area (Å²) in [5, 5.41) is 13.7. The summed E-state index contributed by atoms with van der Waals surface area (Å²) in [4.78, 5) is 47.3. The van der Waals surface area contributed by atoms with Crippen LogP contribution >= 0.6 is 0 Å². The van der Waals surface area contributed by atoms with E-state index in [2.05, 4.69) is 5.32 Å². The second-order valence-electron chi connectivity index (χ2n) is 6.25. The molecule has 154 valence electrons. The summed E-state index contributed by atoms with van der Waals surface area (Å²) in [5.41, 5.74) is -0.0807. The van der Waals surface area contributed by atoms with Gasteiger partial charge in [0.15, 0.2) is 5.75 Å². The summed E-state index contributed by atoms with van der Waals surface area (Å²) in [7, 11) is 1.46. The number of carbonyl (C=O) groups excluding carboxylic acids is 3. The van der Waals surface area contributed by atoms with Crippen molar-refractivity contribution in [2.45, 2.75) is 52.4 Å². The highest BCUT2D eigenvalue weighted by Crippen LogP contribution is 2.32. The fourth-order valence-corrected chi connectivity index (χ4v) is 2.44. The van der Waals surface area contributed by atoms with Crippen molar-refractivity contribution in [3.05, 3.63) is 28.3 Å². The average Bonchev–Trinajstić information content (AvgIpc) is 2.67. The number of rotatable bonds is 11. The molecule has 0 saturated heterocycles. The third-order valence-electron chi connectivity index (χ3n) is 4.07. The number of hydrogen-bond acceptors (Lipinski definition) is 6. The molecule has 0 atom stereocenters. The number of benzene rings is 1. The molecule has 0 heterocycles. The van der Waals surface area contributed by atoms with Crippen LogP contribution in [0.15, 0.2) is 18.2 Å². The van der Waals surface area contributed by atoms with Gasteiger partial charge in [-0.3, -0.25) is 24.5 Å². The molecule has 1 N–H and O–H groups in total. The van der Waals surface area contributed by atoms with Gasteiger partial charge in [-0.25, -0.2) is 0 Å². The normalized spacial score (nSPS) is 10.2. The number of nitro benzene ring substituents is 1. The molecule has 0 fully saturated rings. The zero-order valence-electron chi connectivity index (χ0n) is 16.5. The first kappa shape index (κ1) is 23.1. The molecule has 0 aliphatic carbocycles. The maximum absolute atomic E-state index is 12.1. The van der Waals surface area contributed by atoms with Crippen LogP contribution in [0.2, 0.25) is 0 Å². The summed E-state index contributed by atoms with van der Waals surface area (Å²) < 4.78 is 5.27. The fourth-order valence-electron chi connectivity index (χ4n) is 2.44. The fraction of sp³-hybridized carbons (Fsp3) is 0.526. The Hall–Kier alpha value is -2.97. The molecule has 0 aliphatic heterocycles. The van der Waals surface area contributed by atoms with E-state index in [0.29, 0.717) is 6.42 Å². The third kappa shape index (κ3) is 7.34. The van der Waals surface area contributed by atoms with Gasteiger partial charge in [-0.05, 0) is 12.5 Å². The maximum Gasteiger partial charge on any atom is 0.313 e. The summed E-state index contributed by atoms with van der Waals surface area (Å²) in [6.07, 6.45) is 3.35. The third-order valence-corrected chi connectivity index (χ3v) is 4.07. The van der Waals surface area contributed by atoms with E-state index < -0.39 is 10.9 Å². The number of carbonyl (C=O) groups is 3. The van der Waals surface area contributed by atoms with Crippen LogP contribution in [0.4, 0.5) is 11.4 Å². The summed E-state index contributed by atoms with van der Waals surface area (Å²) >= 11 is 0. The minimum Gasteiger partial charge on any atom is -0.424 e. The van der Waals surface area contributed by atoms with Gasteiger partial charge in [0.2, 0.25) is 11.8 Å². The van der Waals surface area contributed by atoms with Gasteiger partial charge in [0.05, 0.1) is 17.0 Å². The maximum atomic E-state index is 12.1. The molecule has 1 rings (SSSR count). The number of esters is 1. The quantitative estimate of drug-likeness (QED) is 0.203. The molecule has 9 heteroatoms. The number of ether oxygens (including phenoxy) is 1. The van der Waals surface area contributed by atoms with Crippen LogP contribution in [0.5, 0.6) is 5.75 Å². The second-order valence-corrected chi connectivity index (χ2v) is 6.25. The standard InChI is InChI=1S/C19H27N3O6/c1-4-6-7-8-17(23)20-12-11-19(25)28-16-10-9-14(22(26)27)13-15(16)21(3)18(24)5-2/h9-10,13H,4-8,11-12H2,1-3H3,(H,20,23). The number of amides is 2. The van der Waals surface area contributed by atoms with E-state index in [1.54, 1.807) is 6.92 Å². The van der Waals surface area contributed by atoms with E-state index in [1.807, 2.05) is 6.92 Å². The molecule has 2 amide bonds. The van der Waals surface area contributed by atoms with Gasteiger partial charge < -0.3 is 15.0 Å². The number of anilines is 1. The van der Waals surface area contributed by atoms with E-state index in [-0.39, 0.29) is 48.3 Å². The lowest BCUT2D eigenvalue weighted by Gasteiger charge is -2.19. The van der Waals surface area contributed by atoms with Crippen molar-refractivity contribution in [2.75, 3.05) is 18.5 Å². The van der Waals surface area contributed by atoms with Gasteiger partial charge >= 0.3 is 5.97 Å². The first-order valence-corrected chi connectivity index (χ1v) is 9.32. The Bertz CT molecular complexity index is 720. The van der Waals surface area contributed by atoms with Crippen LogP contribution in [0.25, 0.3) is 0 Å². The summed E-state index contributed by atoms with van der Waals surface area (Å²) in [5.74, 6) is -0.960. The molecule has 1 aromatic carbocycles. The SMILES string of the molecule is CCCCCC(=O)NCCC(=O)Oc1ccc([N+](=O)[O-])cc1N(C)C(=O)CC. The molecule has 0 aliphatic rings. The largest absolute Gasteiger partial charge is 0.424 e. The monoisotopic (exact) mass is 393 g/mol. The van der Waals surface area contributed by atoms with E-state index in [4.69, 9.17) is 4.74 Å². The van der Waals surface area contributed by atoms with Crippen LogP contribution in [-0.4, -0.2) is 36.3 Å². The number of unbranched alkanes of at least 4 members (excludes halogenated alkanes) is 2. The molecule has 0 saturated carbocycles. The lowest BCUT2D eigenvalue weighted by atomic mass is 10.2. The Morgan fingerprint density at radius 1 is 1.18 bits per heavy atom. The molecule has 0 spiro atoms. The molecule has 9 nitrogen and oxygen atoms in total. The van der Waals surface area contributed by atoms with Crippen molar-refractivity contribution in [1.29, 1.82) is 0 Å². The minimum atomic E-state index is -0.610. The molecule has 0 unspecified atom stereocenters. The van der Waals surface area contributed by atoms with Crippen molar-refractivity contribution in [3.8, 4) is 5.75 Å². The highest BCUT2D eigenvalue weighted by atomic mass is 16.6. The van der Waals surface area contributed by atoms with Crippen molar-refractivity contribution in [2.24, 2.45) is 0 Å². The zero-order chi connectivity index (χ0) is 21.1. The summed E-state index contributed by atoms with van der Waals surface area (Å²) in [6, 6.07) is 3.67. The van der Waals surface area contributed by atoms with Crippen LogP contribution in [-0.2, 0) is 14.4 Å². The van der Waals surface area contributed by atoms with Gasteiger partial charge in [-0.2, -0.15) is 0 Å². The van der Waals surface area contributed by atoms with Crippen molar-refractivity contribution in [1.82, 2.24) is 5.32 Å². The van der Waals surface area contributed by atoms with Crippen molar-refractivity contribution >= 4 is 29.2 Å². The lowest BCUT2D eigenvalue weighted by molar-refractivity contribution is -0.384.